The van der Waals surface area contributed by atoms with Gasteiger partial charge in [0.15, 0.2) is 0 Å². The first-order chi connectivity index (χ1) is 2.00. The zero-order valence-electron chi connectivity index (χ0n) is 3.01. The van der Waals surface area contributed by atoms with E-state index in [0.29, 0.717) is 0 Å². The number of hydrogen-bond donors (Lipinski definition) is 0. The van der Waals surface area contributed by atoms with Crippen LogP contribution in [-0.2, 0) is 8.27 Å². The average molecular weight is 287 g/mol. The van der Waals surface area contributed by atoms with Crippen molar-refractivity contribution >= 4 is 47.1 Å². The molecule has 0 atom stereocenters. The summed E-state index contributed by atoms with van der Waals surface area (Å²) in [5.74, 6) is 0. The fourth-order valence-corrected chi connectivity index (χ4v) is 0. The molecule has 0 saturated carbocycles. The first kappa shape index (κ1) is 10.2. The molecule has 2 nitrogen and oxygen atoms in total. The third-order valence-corrected chi connectivity index (χ3v) is 0. The summed E-state index contributed by atoms with van der Waals surface area (Å²) in [5, 5.41) is 0. The number of hydrogen-bond acceptors (Lipinski definition) is 2. The lowest BCUT2D eigenvalue weighted by atomic mass is 12.0. The molecule has 5 heteroatoms. The van der Waals surface area contributed by atoms with Crippen LogP contribution in [-0.4, -0.2) is 14.7 Å². The Bertz CT molecular complexity index is 96.7. The maximum Gasteiger partial charge on any atom is 0.206 e. The van der Waals surface area contributed by atoms with Crippen LogP contribution in [0.4, 0.5) is 0 Å². The van der Waals surface area contributed by atoms with Crippen molar-refractivity contribution in [1.29, 1.82) is 0 Å². The molecule has 6 heavy (non-hydrogen) atoms. The van der Waals surface area contributed by atoms with Crippen LogP contribution in [0, 0.1) is 0 Å². The molecular formula is CH4BrIO2S. The van der Waals surface area contributed by atoms with Crippen molar-refractivity contribution in [3.8, 4) is 0 Å². The second kappa shape index (κ2) is 3.20. The maximum absolute atomic E-state index is 9.55. The van der Waals surface area contributed by atoms with Gasteiger partial charge in [-0.15, -0.1) is 24.0 Å². The van der Waals surface area contributed by atoms with E-state index in [4.69, 9.17) is 0 Å². The van der Waals surface area contributed by atoms with Gasteiger partial charge < -0.3 is 0 Å². The second-order valence-electron chi connectivity index (χ2n) is 0.682. The summed E-state index contributed by atoms with van der Waals surface area (Å²) in [6.07, 6.45) is 1.08. The minimum atomic E-state index is -2.85. The highest BCUT2D eigenvalue weighted by Gasteiger charge is 1.83. The Kier molecular flexibility index (Phi) is 5.44. The Hall–Kier alpha value is 1.16. The summed E-state index contributed by atoms with van der Waals surface area (Å²) in [6, 6.07) is 0. The van der Waals surface area contributed by atoms with Crippen molar-refractivity contribution in [1.82, 2.24) is 0 Å². The summed E-state index contributed by atoms with van der Waals surface area (Å²) >= 11 is 2.35. The van der Waals surface area contributed by atoms with Crippen LogP contribution in [0.1, 0.15) is 0 Å². The lowest BCUT2D eigenvalue weighted by Gasteiger charge is -1.66. The average Bonchev–Trinajstić information content (AvgIpc) is 0.722. The van der Waals surface area contributed by atoms with Gasteiger partial charge in [0.1, 0.15) is 0 Å². The molecule has 0 N–H and O–H groups in total. The molecule has 0 rings (SSSR count). The van der Waals surface area contributed by atoms with Crippen LogP contribution in [0.2, 0.25) is 0 Å². The van der Waals surface area contributed by atoms with Crippen LogP contribution in [0.25, 0.3) is 0 Å². The molecule has 0 aromatic heterocycles. The quantitative estimate of drug-likeness (QED) is 0.491. The van der Waals surface area contributed by atoms with Crippen LogP contribution in [0.5, 0.6) is 0 Å². The van der Waals surface area contributed by atoms with Gasteiger partial charge in [0.25, 0.3) is 0 Å². The summed E-state index contributed by atoms with van der Waals surface area (Å²) in [7, 11) is -2.85. The van der Waals surface area contributed by atoms with Crippen LogP contribution in [0.3, 0.4) is 0 Å². The molecule has 0 radical (unpaired) electrons. The predicted molar refractivity (Wildman–Crippen MR) is 39.2 cm³/mol. The van der Waals surface area contributed by atoms with Gasteiger partial charge in [-0.05, 0) is 0 Å². The van der Waals surface area contributed by atoms with Crippen LogP contribution in [0.15, 0.2) is 0 Å². The largest absolute Gasteiger partial charge is 0.217 e. The normalized spacial score (nSPS) is 9.67. The van der Waals surface area contributed by atoms with Crippen molar-refractivity contribution in [2.75, 3.05) is 6.26 Å². The molecule has 0 heterocycles. The van der Waals surface area contributed by atoms with Crippen molar-refractivity contribution in [2.24, 2.45) is 0 Å². The van der Waals surface area contributed by atoms with E-state index in [-0.39, 0.29) is 24.0 Å². The van der Waals surface area contributed by atoms with E-state index in [1.165, 1.54) is 0 Å². The lowest BCUT2D eigenvalue weighted by Crippen LogP contribution is -1.74. The molecule has 0 unspecified atom stereocenters. The fraction of sp³-hybridized carbons (Fsp3) is 1.00. The zero-order valence-corrected chi connectivity index (χ0v) is 7.74. The van der Waals surface area contributed by atoms with Crippen molar-refractivity contribution in [2.45, 2.75) is 0 Å². The minimum Gasteiger partial charge on any atom is -0.217 e. The smallest absolute Gasteiger partial charge is 0.206 e. The molecule has 0 aromatic rings. The minimum absolute atomic E-state index is 0. The van der Waals surface area contributed by atoms with E-state index in [2.05, 4.69) is 14.8 Å². The highest BCUT2D eigenvalue weighted by Crippen LogP contribution is 1.89. The Morgan fingerprint density at radius 2 is 1.50 bits per heavy atom. The Balaban J connectivity index is 0. The van der Waals surface area contributed by atoms with Gasteiger partial charge in [-0.2, -0.15) is 0 Å². The molecule has 0 aromatic carbocycles. The lowest BCUT2D eigenvalue weighted by molar-refractivity contribution is 0.616. The van der Waals surface area contributed by atoms with E-state index >= 15 is 0 Å². The highest BCUT2D eigenvalue weighted by molar-refractivity contribution is 14.0. The first-order valence-electron chi connectivity index (χ1n) is 0.896. The van der Waals surface area contributed by atoms with Crippen molar-refractivity contribution in [3.63, 3.8) is 0 Å². The third kappa shape index (κ3) is 66.4. The summed E-state index contributed by atoms with van der Waals surface area (Å²) in [6.45, 7) is 0. The molecule has 0 aliphatic heterocycles. The molecule has 0 aliphatic carbocycles. The Morgan fingerprint density at radius 3 is 1.50 bits per heavy atom. The van der Waals surface area contributed by atoms with Gasteiger partial charge >= 0.3 is 0 Å². The van der Waals surface area contributed by atoms with Gasteiger partial charge in [0, 0.05) is 6.26 Å². The van der Waals surface area contributed by atoms with Gasteiger partial charge in [-0.25, -0.2) is 8.42 Å². The van der Waals surface area contributed by atoms with Gasteiger partial charge in [-0.1, -0.05) is 0 Å². The molecule has 0 amide bonds. The topological polar surface area (TPSA) is 34.1 Å². The third-order valence-electron chi connectivity index (χ3n) is 0. The second-order valence-corrected chi connectivity index (χ2v) is 5.57. The Morgan fingerprint density at radius 1 is 1.50 bits per heavy atom. The van der Waals surface area contributed by atoms with E-state index in [1.807, 2.05) is 0 Å². The molecular weight excluding hydrogens is 283 g/mol. The summed E-state index contributed by atoms with van der Waals surface area (Å²) in [5.41, 5.74) is 0. The molecule has 0 spiro atoms. The fourth-order valence-electron chi connectivity index (χ4n) is 0. The highest BCUT2D eigenvalue weighted by atomic mass is 127. The van der Waals surface area contributed by atoms with Crippen LogP contribution >= 0.6 is 38.8 Å². The van der Waals surface area contributed by atoms with Crippen molar-refractivity contribution in [3.05, 3.63) is 0 Å². The predicted octanol–water partition coefficient (Wildman–Crippen LogP) is 0.959. The van der Waals surface area contributed by atoms with E-state index in [1.54, 1.807) is 0 Å². The molecule has 40 valence electrons. The number of halogens is 2. The molecule has 0 saturated heterocycles. The molecule has 0 bridgehead atoms. The van der Waals surface area contributed by atoms with Gasteiger partial charge in [-0.3, -0.25) is 0 Å². The van der Waals surface area contributed by atoms with Crippen LogP contribution < -0.4 is 0 Å². The van der Waals surface area contributed by atoms with Crippen molar-refractivity contribution < 1.29 is 8.42 Å². The molecule has 0 fully saturated rings. The standard InChI is InChI=1S/CH3BrO2S.HI/c1-5(2,3)4;/h1H3;1H. The summed E-state index contributed by atoms with van der Waals surface area (Å²) in [4.78, 5) is 0. The van der Waals surface area contributed by atoms with E-state index in [9.17, 15) is 8.42 Å². The van der Waals surface area contributed by atoms with Gasteiger partial charge in [0.2, 0.25) is 8.27 Å². The molecule has 0 aliphatic rings. The first-order valence-corrected chi connectivity index (χ1v) is 4.63. The van der Waals surface area contributed by atoms with E-state index < -0.39 is 8.27 Å². The number of rotatable bonds is 0. The van der Waals surface area contributed by atoms with Gasteiger partial charge in [0.05, 0.1) is 14.8 Å². The van der Waals surface area contributed by atoms with E-state index in [0.717, 1.165) is 6.26 Å². The maximum atomic E-state index is 9.55. The SMILES string of the molecule is CS(=O)(=O)Br.I. The summed E-state index contributed by atoms with van der Waals surface area (Å²) < 4.78 is 19.1. The monoisotopic (exact) mass is 286 g/mol. The Labute approximate surface area is 61.5 Å². The zero-order chi connectivity index (χ0) is 4.50.